The Hall–Kier alpha value is -1.46. The molecule has 1 aromatic heterocycles. The second-order valence-electron chi connectivity index (χ2n) is 3.64. The molecule has 0 spiro atoms. The van der Waals surface area contributed by atoms with Crippen LogP contribution in [0.4, 0.5) is 4.39 Å². The summed E-state index contributed by atoms with van der Waals surface area (Å²) in [5.41, 5.74) is 1.55. The molecule has 0 bridgehead atoms. The molecular weight excluding hydrogens is 245 g/mol. The highest BCUT2D eigenvalue weighted by atomic mass is 35.5. The van der Waals surface area contributed by atoms with Crippen LogP contribution in [0.5, 0.6) is 0 Å². The van der Waals surface area contributed by atoms with Gasteiger partial charge in [0.15, 0.2) is 0 Å². The quantitative estimate of drug-likeness (QED) is 0.912. The first kappa shape index (κ1) is 12.0. The van der Waals surface area contributed by atoms with Gasteiger partial charge in [0.05, 0.1) is 18.8 Å². The minimum Gasteiger partial charge on any atom is -0.390 e. The van der Waals surface area contributed by atoms with Crippen molar-refractivity contribution in [2.75, 3.05) is 0 Å². The summed E-state index contributed by atoms with van der Waals surface area (Å²) in [4.78, 5) is 0. The Morgan fingerprint density at radius 2 is 2.24 bits per heavy atom. The number of hydrogen-bond acceptors (Lipinski definition) is 3. The summed E-state index contributed by atoms with van der Waals surface area (Å²) in [5, 5.41) is 17.0. The molecule has 4 nitrogen and oxygen atoms in total. The number of rotatable bonds is 3. The van der Waals surface area contributed by atoms with Crippen molar-refractivity contribution in [1.82, 2.24) is 15.0 Å². The van der Waals surface area contributed by atoms with Crippen molar-refractivity contribution >= 4 is 11.6 Å². The molecule has 0 atom stereocenters. The SMILES string of the molecule is Cc1c(CO)nnn1Cc1c(F)cccc1Cl. The fourth-order valence-corrected chi connectivity index (χ4v) is 1.75. The van der Waals surface area contributed by atoms with Crippen molar-refractivity contribution in [2.24, 2.45) is 0 Å². The smallest absolute Gasteiger partial charge is 0.129 e. The van der Waals surface area contributed by atoms with E-state index in [1.165, 1.54) is 10.7 Å². The Kier molecular flexibility index (Phi) is 3.40. The van der Waals surface area contributed by atoms with E-state index in [0.717, 1.165) is 0 Å². The molecule has 6 heteroatoms. The zero-order chi connectivity index (χ0) is 12.4. The van der Waals surface area contributed by atoms with Crippen molar-refractivity contribution in [3.63, 3.8) is 0 Å². The molecule has 1 aromatic carbocycles. The standard InChI is InChI=1S/C11H11ClFN3O/c1-7-11(6-17)14-15-16(7)5-8-9(12)3-2-4-10(8)13/h2-4,17H,5-6H2,1H3. The summed E-state index contributed by atoms with van der Waals surface area (Å²) in [6, 6.07) is 4.52. The van der Waals surface area contributed by atoms with E-state index >= 15 is 0 Å². The van der Waals surface area contributed by atoms with Gasteiger partial charge in [-0.2, -0.15) is 0 Å². The van der Waals surface area contributed by atoms with Crippen molar-refractivity contribution in [2.45, 2.75) is 20.1 Å². The molecule has 1 heterocycles. The summed E-state index contributed by atoms with van der Waals surface area (Å²) >= 11 is 5.92. The molecule has 0 radical (unpaired) electrons. The maximum Gasteiger partial charge on any atom is 0.129 e. The molecule has 2 rings (SSSR count). The third-order valence-corrected chi connectivity index (χ3v) is 2.95. The summed E-state index contributed by atoms with van der Waals surface area (Å²) < 4.78 is 15.1. The van der Waals surface area contributed by atoms with Crippen LogP contribution in [0.1, 0.15) is 17.0 Å². The first-order chi connectivity index (χ1) is 8.13. The summed E-state index contributed by atoms with van der Waals surface area (Å²) in [5.74, 6) is -0.377. The van der Waals surface area contributed by atoms with E-state index in [4.69, 9.17) is 16.7 Å². The zero-order valence-corrected chi connectivity index (χ0v) is 9.95. The van der Waals surface area contributed by atoms with Crippen LogP contribution in [-0.2, 0) is 13.2 Å². The average Bonchev–Trinajstić information content (AvgIpc) is 2.65. The normalized spacial score (nSPS) is 10.8. The van der Waals surface area contributed by atoms with Gasteiger partial charge in [0, 0.05) is 10.6 Å². The van der Waals surface area contributed by atoms with E-state index in [9.17, 15) is 4.39 Å². The highest BCUT2D eigenvalue weighted by Crippen LogP contribution is 2.20. The fourth-order valence-electron chi connectivity index (χ4n) is 1.53. The lowest BCUT2D eigenvalue weighted by Gasteiger charge is -2.07. The average molecular weight is 256 g/mol. The van der Waals surface area contributed by atoms with E-state index in [-0.39, 0.29) is 19.0 Å². The Bertz CT molecular complexity index is 521. The zero-order valence-electron chi connectivity index (χ0n) is 9.19. The van der Waals surface area contributed by atoms with E-state index in [2.05, 4.69) is 10.3 Å². The first-order valence-electron chi connectivity index (χ1n) is 5.06. The minimum atomic E-state index is -0.377. The van der Waals surface area contributed by atoms with Crippen LogP contribution in [-0.4, -0.2) is 20.1 Å². The van der Waals surface area contributed by atoms with Crippen LogP contribution in [0.25, 0.3) is 0 Å². The number of hydrogen-bond donors (Lipinski definition) is 1. The van der Waals surface area contributed by atoms with Gasteiger partial charge in [-0.1, -0.05) is 22.9 Å². The van der Waals surface area contributed by atoms with Gasteiger partial charge in [-0.05, 0) is 19.1 Å². The highest BCUT2D eigenvalue weighted by molar-refractivity contribution is 6.31. The maximum atomic E-state index is 13.6. The molecular formula is C11H11ClFN3O. The third-order valence-electron chi connectivity index (χ3n) is 2.60. The van der Waals surface area contributed by atoms with Crippen LogP contribution in [0.15, 0.2) is 18.2 Å². The predicted molar refractivity (Wildman–Crippen MR) is 61.2 cm³/mol. The molecule has 0 amide bonds. The summed E-state index contributed by atoms with van der Waals surface area (Å²) in [6.07, 6.45) is 0. The van der Waals surface area contributed by atoms with Crippen molar-refractivity contribution in [3.05, 3.63) is 46.0 Å². The van der Waals surface area contributed by atoms with Gasteiger partial charge in [-0.3, -0.25) is 0 Å². The predicted octanol–water partition coefficient (Wildman–Crippen LogP) is 1.92. The molecule has 0 fully saturated rings. The van der Waals surface area contributed by atoms with E-state index in [0.29, 0.717) is 22.0 Å². The van der Waals surface area contributed by atoms with Crippen molar-refractivity contribution in [1.29, 1.82) is 0 Å². The number of aliphatic hydroxyl groups excluding tert-OH is 1. The summed E-state index contributed by atoms with van der Waals surface area (Å²) in [6.45, 7) is 1.78. The van der Waals surface area contributed by atoms with Gasteiger partial charge < -0.3 is 5.11 Å². The van der Waals surface area contributed by atoms with Gasteiger partial charge in [0.1, 0.15) is 11.5 Å². The van der Waals surface area contributed by atoms with Gasteiger partial charge >= 0.3 is 0 Å². The number of halogens is 2. The Morgan fingerprint density at radius 3 is 2.82 bits per heavy atom. The monoisotopic (exact) mass is 255 g/mol. The van der Waals surface area contributed by atoms with Crippen LogP contribution >= 0.6 is 11.6 Å². The third kappa shape index (κ3) is 2.30. The lowest BCUT2D eigenvalue weighted by atomic mass is 10.2. The van der Waals surface area contributed by atoms with Crippen LogP contribution in [0, 0.1) is 12.7 Å². The van der Waals surface area contributed by atoms with Gasteiger partial charge in [0.25, 0.3) is 0 Å². The number of aliphatic hydroxyl groups is 1. The molecule has 0 saturated heterocycles. The molecule has 0 aliphatic heterocycles. The topological polar surface area (TPSA) is 50.9 Å². The van der Waals surface area contributed by atoms with Gasteiger partial charge in [-0.15, -0.1) is 5.10 Å². The Labute approximate surface area is 103 Å². The highest BCUT2D eigenvalue weighted by Gasteiger charge is 2.12. The molecule has 17 heavy (non-hydrogen) atoms. The first-order valence-corrected chi connectivity index (χ1v) is 5.44. The molecule has 0 aliphatic carbocycles. The lowest BCUT2D eigenvalue weighted by molar-refractivity contribution is 0.276. The van der Waals surface area contributed by atoms with E-state index in [1.54, 1.807) is 19.1 Å². The van der Waals surface area contributed by atoms with Crippen LogP contribution in [0.2, 0.25) is 5.02 Å². The van der Waals surface area contributed by atoms with Gasteiger partial charge in [0.2, 0.25) is 0 Å². The van der Waals surface area contributed by atoms with Gasteiger partial charge in [-0.25, -0.2) is 9.07 Å². The molecule has 90 valence electrons. The number of benzene rings is 1. The maximum absolute atomic E-state index is 13.6. The molecule has 0 unspecified atom stereocenters. The molecule has 1 N–H and O–H groups in total. The second-order valence-corrected chi connectivity index (χ2v) is 4.04. The Balaban J connectivity index is 2.35. The molecule has 0 saturated carbocycles. The van der Waals surface area contributed by atoms with E-state index in [1.807, 2.05) is 0 Å². The van der Waals surface area contributed by atoms with E-state index < -0.39 is 0 Å². The lowest BCUT2D eigenvalue weighted by Crippen LogP contribution is -2.06. The number of aromatic nitrogens is 3. The van der Waals surface area contributed by atoms with Crippen LogP contribution < -0.4 is 0 Å². The largest absolute Gasteiger partial charge is 0.390 e. The fraction of sp³-hybridized carbons (Fsp3) is 0.273. The van der Waals surface area contributed by atoms with Crippen LogP contribution in [0.3, 0.4) is 0 Å². The van der Waals surface area contributed by atoms with Crippen molar-refractivity contribution < 1.29 is 9.50 Å². The Morgan fingerprint density at radius 1 is 1.47 bits per heavy atom. The molecule has 0 aliphatic rings. The molecule has 2 aromatic rings. The minimum absolute atomic E-state index is 0.184. The van der Waals surface area contributed by atoms with Crippen molar-refractivity contribution in [3.8, 4) is 0 Å². The second kappa shape index (κ2) is 4.81. The summed E-state index contributed by atoms with van der Waals surface area (Å²) in [7, 11) is 0. The number of nitrogens with zero attached hydrogens (tertiary/aromatic N) is 3.